The maximum Gasteiger partial charge on any atom is 0.306 e. The van der Waals surface area contributed by atoms with Crippen molar-refractivity contribution in [3.63, 3.8) is 0 Å². The molecule has 0 aliphatic heterocycles. The number of rotatable bonds is 59. The minimum Gasteiger partial charge on any atom is -0.462 e. The molecule has 0 heterocycles. The first-order valence-electron chi connectivity index (χ1n) is 32.6. The molecule has 0 aliphatic rings. The van der Waals surface area contributed by atoms with Crippen molar-refractivity contribution in [2.45, 2.75) is 329 Å². The van der Waals surface area contributed by atoms with Crippen LogP contribution in [0.4, 0.5) is 0 Å². The zero-order chi connectivity index (χ0) is 55.0. The highest BCUT2D eigenvalue weighted by atomic mass is 16.6. The summed E-state index contributed by atoms with van der Waals surface area (Å²) >= 11 is 0. The monoisotopic (exact) mass is 1060 g/mol. The second-order valence-electron chi connectivity index (χ2n) is 21.6. The Morgan fingerprint density at radius 3 is 0.803 bits per heavy atom. The highest BCUT2D eigenvalue weighted by molar-refractivity contribution is 5.71. The van der Waals surface area contributed by atoms with E-state index in [2.05, 4.69) is 106 Å². The van der Waals surface area contributed by atoms with Gasteiger partial charge in [-0.25, -0.2) is 0 Å². The largest absolute Gasteiger partial charge is 0.462 e. The van der Waals surface area contributed by atoms with Crippen LogP contribution >= 0.6 is 0 Å². The maximum absolute atomic E-state index is 12.9. The number of hydrogen-bond donors (Lipinski definition) is 0. The molecular weight excluding hydrogens is 937 g/mol. The predicted molar refractivity (Wildman–Crippen MR) is 330 cm³/mol. The van der Waals surface area contributed by atoms with Crippen molar-refractivity contribution in [1.82, 2.24) is 0 Å². The zero-order valence-corrected chi connectivity index (χ0v) is 50.3. The molecule has 0 fully saturated rings. The smallest absolute Gasteiger partial charge is 0.306 e. The SMILES string of the molecule is CC/C=C\C/C=C\C/C=C\C/C=C\CCCCCCCCC(=O)OC(COC(=O)CCCCCCCCCCCCCC)COC(=O)CCCCCCCCCCCCCC/C=C\C/C=C\C/C=C\CCCCCCC. The number of unbranched alkanes of at least 4 members (excludes halogenated alkanes) is 34. The van der Waals surface area contributed by atoms with Crippen molar-refractivity contribution in [3.8, 4) is 0 Å². The molecule has 0 amide bonds. The Bertz CT molecular complexity index is 1450. The Balaban J connectivity index is 4.28. The number of carbonyl (C=O) groups excluding carboxylic acids is 3. The van der Waals surface area contributed by atoms with Crippen molar-refractivity contribution in [1.29, 1.82) is 0 Å². The van der Waals surface area contributed by atoms with Crippen LogP contribution in [0.2, 0.25) is 0 Å². The van der Waals surface area contributed by atoms with E-state index in [0.717, 1.165) is 109 Å². The average Bonchev–Trinajstić information content (AvgIpc) is 3.42. The Morgan fingerprint density at radius 2 is 0.513 bits per heavy atom. The highest BCUT2D eigenvalue weighted by Crippen LogP contribution is 2.16. The van der Waals surface area contributed by atoms with Crippen LogP contribution in [0.25, 0.3) is 0 Å². The summed E-state index contributed by atoms with van der Waals surface area (Å²) in [5.74, 6) is -0.883. The first-order valence-corrected chi connectivity index (χ1v) is 32.6. The van der Waals surface area contributed by atoms with Gasteiger partial charge in [0.15, 0.2) is 6.10 Å². The predicted octanol–water partition coefficient (Wildman–Crippen LogP) is 22.3. The van der Waals surface area contributed by atoms with Crippen molar-refractivity contribution in [3.05, 3.63) is 85.1 Å². The Labute approximate surface area is 471 Å². The van der Waals surface area contributed by atoms with E-state index in [0.29, 0.717) is 19.3 Å². The normalized spacial score (nSPS) is 12.6. The Hall–Kier alpha value is -3.41. The second-order valence-corrected chi connectivity index (χ2v) is 21.6. The molecule has 76 heavy (non-hydrogen) atoms. The molecule has 0 spiro atoms. The van der Waals surface area contributed by atoms with Crippen LogP contribution in [-0.4, -0.2) is 37.2 Å². The van der Waals surface area contributed by atoms with Gasteiger partial charge in [-0.1, -0.05) is 292 Å². The molecule has 0 N–H and O–H groups in total. The van der Waals surface area contributed by atoms with Crippen LogP contribution in [-0.2, 0) is 28.6 Å². The van der Waals surface area contributed by atoms with Crippen molar-refractivity contribution < 1.29 is 28.6 Å². The lowest BCUT2D eigenvalue weighted by molar-refractivity contribution is -0.167. The lowest BCUT2D eigenvalue weighted by Crippen LogP contribution is -2.30. The van der Waals surface area contributed by atoms with Gasteiger partial charge in [0.25, 0.3) is 0 Å². The molecule has 1 atom stereocenters. The van der Waals surface area contributed by atoms with Crippen LogP contribution in [0.3, 0.4) is 0 Å². The zero-order valence-electron chi connectivity index (χ0n) is 50.3. The van der Waals surface area contributed by atoms with E-state index in [1.165, 1.54) is 173 Å². The van der Waals surface area contributed by atoms with E-state index in [9.17, 15) is 14.4 Å². The Morgan fingerprint density at radius 1 is 0.276 bits per heavy atom. The van der Waals surface area contributed by atoms with Gasteiger partial charge in [-0.3, -0.25) is 14.4 Å². The molecule has 0 aliphatic carbocycles. The molecule has 0 rings (SSSR count). The topological polar surface area (TPSA) is 78.9 Å². The summed E-state index contributed by atoms with van der Waals surface area (Å²) in [5.41, 5.74) is 0. The molecule has 6 nitrogen and oxygen atoms in total. The molecule has 0 radical (unpaired) electrons. The quantitative estimate of drug-likeness (QED) is 0.0261. The van der Waals surface area contributed by atoms with Crippen molar-refractivity contribution in [2.24, 2.45) is 0 Å². The van der Waals surface area contributed by atoms with E-state index in [1.54, 1.807) is 0 Å². The molecule has 0 aromatic carbocycles. The lowest BCUT2D eigenvalue weighted by Gasteiger charge is -2.18. The summed E-state index contributed by atoms with van der Waals surface area (Å²) in [7, 11) is 0. The number of ether oxygens (including phenoxy) is 3. The minimum atomic E-state index is -0.784. The van der Waals surface area contributed by atoms with Crippen LogP contribution in [0.15, 0.2) is 85.1 Å². The first-order chi connectivity index (χ1) is 37.5. The molecule has 438 valence electrons. The molecule has 0 aromatic rings. The lowest BCUT2D eigenvalue weighted by atomic mass is 10.0. The third kappa shape index (κ3) is 61.4. The van der Waals surface area contributed by atoms with E-state index in [-0.39, 0.29) is 31.1 Å². The van der Waals surface area contributed by atoms with Gasteiger partial charge >= 0.3 is 17.9 Å². The number of esters is 3. The summed E-state index contributed by atoms with van der Waals surface area (Å²) in [6.45, 7) is 6.53. The summed E-state index contributed by atoms with van der Waals surface area (Å²) in [4.78, 5) is 38.3. The molecule has 6 heteroatoms. The van der Waals surface area contributed by atoms with Gasteiger partial charge in [0.1, 0.15) is 13.2 Å². The van der Waals surface area contributed by atoms with Gasteiger partial charge in [-0.2, -0.15) is 0 Å². The molecule has 0 saturated carbocycles. The molecule has 0 saturated heterocycles. The number of carbonyl (C=O) groups is 3. The van der Waals surface area contributed by atoms with Crippen molar-refractivity contribution >= 4 is 17.9 Å². The number of allylic oxidation sites excluding steroid dienone is 14. The van der Waals surface area contributed by atoms with Gasteiger partial charge in [0, 0.05) is 19.3 Å². The number of hydrogen-bond acceptors (Lipinski definition) is 6. The summed E-state index contributed by atoms with van der Waals surface area (Å²) in [6, 6.07) is 0. The first kappa shape index (κ1) is 72.6. The fourth-order valence-corrected chi connectivity index (χ4v) is 9.27. The van der Waals surface area contributed by atoms with E-state index >= 15 is 0 Å². The summed E-state index contributed by atoms with van der Waals surface area (Å²) in [5, 5.41) is 0. The van der Waals surface area contributed by atoms with Gasteiger partial charge in [-0.05, 0) is 96.3 Å². The van der Waals surface area contributed by atoms with Crippen LogP contribution in [0.1, 0.15) is 323 Å². The highest BCUT2D eigenvalue weighted by Gasteiger charge is 2.19. The molecular formula is C70H122O6. The van der Waals surface area contributed by atoms with E-state index < -0.39 is 6.10 Å². The van der Waals surface area contributed by atoms with E-state index in [1.807, 2.05) is 0 Å². The van der Waals surface area contributed by atoms with Gasteiger partial charge in [-0.15, -0.1) is 0 Å². The van der Waals surface area contributed by atoms with Gasteiger partial charge < -0.3 is 14.2 Å². The van der Waals surface area contributed by atoms with Crippen LogP contribution in [0, 0.1) is 0 Å². The average molecular weight is 1060 g/mol. The minimum absolute atomic E-state index is 0.0801. The van der Waals surface area contributed by atoms with Gasteiger partial charge in [0.05, 0.1) is 0 Å². The fraction of sp³-hybridized carbons (Fsp3) is 0.757. The Kier molecular flexibility index (Phi) is 61.2. The van der Waals surface area contributed by atoms with Gasteiger partial charge in [0.2, 0.25) is 0 Å². The molecule has 1 unspecified atom stereocenters. The third-order valence-corrected chi connectivity index (χ3v) is 14.1. The molecule has 0 bridgehead atoms. The summed E-state index contributed by atoms with van der Waals surface area (Å²) in [6.07, 6.45) is 84.5. The fourth-order valence-electron chi connectivity index (χ4n) is 9.27. The third-order valence-electron chi connectivity index (χ3n) is 14.1. The maximum atomic E-state index is 12.9. The van der Waals surface area contributed by atoms with Crippen LogP contribution < -0.4 is 0 Å². The van der Waals surface area contributed by atoms with Crippen molar-refractivity contribution in [2.75, 3.05) is 13.2 Å². The van der Waals surface area contributed by atoms with Crippen LogP contribution in [0.5, 0.6) is 0 Å². The molecule has 0 aromatic heterocycles. The standard InChI is InChI=1S/C70H122O6/c1-4-7-10-13-16-19-22-25-27-29-31-32-33-34-35-36-37-38-40-41-43-45-48-51-54-57-60-63-69(72)75-66-67(65-74-68(71)62-59-56-53-50-47-24-21-18-15-12-9-6-3)76-70(73)64-61-58-55-52-49-46-44-42-39-30-28-26-23-20-17-14-11-8-5-2/h8,11,17,20,22,25-26,28-29,31,33-34,39,42,67H,4-7,9-10,12-16,18-19,21,23-24,27,30,32,35-38,40-41,43-66H2,1-3H3/b11-8-,20-17-,25-22-,28-26-,31-29-,34-33-,42-39-. The summed E-state index contributed by atoms with van der Waals surface area (Å²) < 4.78 is 16.9. The second kappa shape index (κ2) is 64.1. The van der Waals surface area contributed by atoms with E-state index in [4.69, 9.17) is 14.2 Å².